The molecule has 1 rings (SSSR count). The molecule has 0 radical (unpaired) electrons. The van der Waals surface area contributed by atoms with Gasteiger partial charge in [0, 0.05) is 24.6 Å². The number of ketones is 1. The van der Waals surface area contributed by atoms with E-state index in [1.54, 1.807) is 24.3 Å². The summed E-state index contributed by atoms with van der Waals surface area (Å²) in [6.07, 6.45) is -0.0432. The Labute approximate surface area is 110 Å². The van der Waals surface area contributed by atoms with Gasteiger partial charge in [0.15, 0.2) is 5.78 Å². The topological polar surface area (TPSA) is 109 Å². The minimum Gasteiger partial charge on any atom is -0.481 e. The van der Waals surface area contributed by atoms with Crippen molar-refractivity contribution in [2.24, 2.45) is 5.73 Å². The summed E-state index contributed by atoms with van der Waals surface area (Å²) in [5.74, 6) is -1.49. The number of hydrogen-bond donors (Lipinski definition) is 3. The van der Waals surface area contributed by atoms with Crippen molar-refractivity contribution in [3.63, 3.8) is 0 Å². The van der Waals surface area contributed by atoms with Crippen molar-refractivity contribution in [2.75, 3.05) is 5.32 Å². The highest BCUT2D eigenvalue weighted by Gasteiger charge is 2.16. The highest BCUT2D eigenvalue weighted by atomic mass is 16.4. The number of aliphatic carboxylic acids is 1. The summed E-state index contributed by atoms with van der Waals surface area (Å²) in [6.45, 7) is 1.39. The molecule has 0 aliphatic carbocycles. The van der Waals surface area contributed by atoms with Crippen LogP contribution >= 0.6 is 0 Å². The molecule has 1 unspecified atom stereocenters. The summed E-state index contributed by atoms with van der Waals surface area (Å²) >= 11 is 0. The summed E-state index contributed by atoms with van der Waals surface area (Å²) in [6, 6.07) is 5.46. The van der Waals surface area contributed by atoms with Gasteiger partial charge in [-0.3, -0.25) is 14.4 Å². The Bertz CT molecular complexity index is 482. The van der Waals surface area contributed by atoms with E-state index < -0.39 is 12.0 Å². The number of carboxylic acids is 1. The lowest BCUT2D eigenvalue weighted by Crippen LogP contribution is -2.31. The molecule has 1 atom stereocenters. The molecule has 0 heterocycles. The van der Waals surface area contributed by atoms with Crippen molar-refractivity contribution in [3.05, 3.63) is 29.8 Å². The Hall–Kier alpha value is -2.21. The first-order valence-corrected chi connectivity index (χ1v) is 5.79. The number of nitrogens with one attached hydrogen (secondary N) is 1. The first-order chi connectivity index (χ1) is 8.90. The summed E-state index contributed by atoms with van der Waals surface area (Å²) in [4.78, 5) is 33.1. The normalized spacial score (nSPS) is 11.7. The Morgan fingerprint density at radius 2 is 1.84 bits per heavy atom. The monoisotopic (exact) mass is 264 g/mol. The quantitative estimate of drug-likeness (QED) is 0.664. The van der Waals surface area contributed by atoms with E-state index in [9.17, 15) is 14.4 Å². The van der Waals surface area contributed by atoms with Crippen LogP contribution in [0.2, 0.25) is 0 Å². The average Bonchev–Trinajstić information content (AvgIpc) is 2.35. The lowest BCUT2D eigenvalue weighted by molar-refractivity contribution is -0.137. The van der Waals surface area contributed by atoms with Crippen LogP contribution in [0.3, 0.4) is 0 Å². The van der Waals surface area contributed by atoms with Crippen LogP contribution in [0.25, 0.3) is 0 Å². The van der Waals surface area contributed by atoms with E-state index in [-0.39, 0.29) is 24.5 Å². The van der Waals surface area contributed by atoms with Crippen LogP contribution in [0, 0.1) is 0 Å². The van der Waals surface area contributed by atoms with Crippen molar-refractivity contribution in [1.29, 1.82) is 0 Å². The molecular weight excluding hydrogens is 248 g/mol. The number of Topliss-reactive ketones (excluding diaryl/α,β-unsaturated/α-hetero) is 1. The van der Waals surface area contributed by atoms with Gasteiger partial charge in [0.1, 0.15) is 0 Å². The van der Waals surface area contributed by atoms with Gasteiger partial charge in [-0.05, 0) is 30.7 Å². The molecule has 0 aromatic heterocycles. The second-order valence-electron chi connectivity index (χ2n) is 4.16. The first-order valence-electron chi connectivity index (χ1n) is 5.79. The molecule has 4 N–H and O–H groups in total. The Balaban J connectivity index is 2.66. The maximum atomic E-state index is 11.9. The molecule has 1 amide bonds. The Morgan fingerprint density at radius 1 is 1.26 bits per heavy atom. The van der Waals surface area contributed by atoms with Crippen molar-refractivity contribution in [1.82, 2.24) is 0 Å². The fourth-order valence-electron chi connectivity index (χ4n) is 1.55. The zero-order valence-corrected chi connectivity index (χ0v) is 10.6. The second-order valence-corrected chi connectivity index (χ2v) is 4.16. The van der Waals surface area contributed by atoms with Crippen LogP contribution in [0.1, 0.15) is 30.1 Å². The SMILES string of the molecule is CC(=O)Nc1ccc(C(=O)C(N)CCC(=O)O)cc1. The van der Waals surface area contributed by atoms with E-state index in [2.05, 4.69) is 5.32 Å². The molecule has 0 spiro atoms. The first kappa shape index (κ1) is 14.8. The zero-order chi connectivity index (χ0) is 14.4. The number of rotatable bonds is 6. The average molecular weight is 264 g/mol. The molecule has 102 valence electrons. The van der Waals surface area contributed by atoms with Gasteiger partial charge in [0.25, 0.3) is 0 Å². The number of nitrogens with two attached hydrogens (primary N) is 1. The van der Waals surface area contributed by atoms with E-state index in [1.807, 2.05) is 0 Å². The number of carbonyl (C=O) groups excluding carboxylic acids is 2. The number of hydrogen-bond acceptors (Lipinski definition) is 4. The molecule has 6 nitrogen and oxygen atoms in total. The third-order valence-corrected chi connectivity index (χ3v) is 2.50. The van der Waals surface area contributed by atoms with E-state index in [4.69, 9.17) is 10.8 Å². The molecule has 0 aliphatic heterocycles. The standard InChI is InChI=1S/C13H16N2O4/c1-8(16)15-10-4-2-9(3-5-10)13(19)11(14)6-7-12(17)18/h2-5,11H,6-7,14H2,1H3,(H,15,16)(H,17,18). The molecule has 0 saturated carbocycles. The molecule has 6 heteroatoms. The van der Waals surface area contributed by atoms with Crippen LogP contribution in [-0.2, 0) is 9.59 Å². The molecule has 1 aromatic rings. The molecule has 19 heavy (non-hydrogen) atoms. The predicted molar refractivity (Wildman–Crippen MR) is 69.9 cm³/mol. The van der Waals surface area contributed by atoms with E-state index in [0.717, 1.165) is 0 Å². The van der Waals surface area contributed by atoms with E-state index in [0.29, 0.717) is 11.3 Å². The number of carbonyl (C=O) groups is 3. The zero-order valence-electron chi connectivity index (χ0n) is 10.6. The highest BCUT2D eigenvalue weighted by molar-refractivity contribution is 6.00. The van der Waals surface area contributed by atoms with Gasteiger partial charge >= 0.3 is 5.97 Å². The van der Waals surface area contributed by atoms with Gasteiger partial charge in [-0.15, -0.1) is 0 Å². The molecule has 0 saturated heterocycles. The van der Waals surface area contributed by atoms with Crippen LogP contribution < -0.4 is 11.1 Å². The predicted octanol–water partition coefficient (Wildman–Crippen LogP) is 1.02. The number of anilines is 1. The third kappa shape index (κ3) is 4.89. The van der Waals surface area contributed by atoms with Crippen molar-refractivity contribution in [3.8, 4) is 0 Å². The Kier molecular flexibility index (Phi) is 5.20. The maximum Gasteiger partial charge on any atom is 0.303 e. The van der Waals surface area contributed by atoms with Gasteiger partial charge in [-0.25, -0.2) is 0 Å². The Morgan fingerprint density at radius 3 is 2.32 bits per heavy atom. The number of carboxylic acid groups (broad SMARTS) is 1. The number of benzene rings is 1. The lowest BCUT2D eigenvalue weighted by atomic mass is 10.0. The minimum atomic E-state index is -0.982. The fraction of sp³-hybridized carbons (Fsp3) is 0.308. The summed E-state index contributed by atoms with van der Waals surface area (Å²) in [5, 5.41) is 11.1. The lowest BCUT2D eigenvalue weighted by Gasteiger charge is -2.09. The molecular formula is C13H16N2O4. The van der Waals surface area contributed by atoms with Crippen LogP contribution in [0.5, 0.6) is 0 Å². The van der Waals surface area contributed by atoms with Gasteiger partial charge in [0.05, 0.1) is 6.04 Å². The van der Waals surface area contributed by atoms with E-state index in [1.165, 1.54) is 6.92 Å². The van der Waals surface area contributed by atoms with Crippen molar-refractivity contribution < 1.29 is 19.5 Å². The molecule has 1 aromatic carbocycles. The second kappa shape index (κ2) is 6.65. The number of amides is 1. The summed E-state index contributed by atoms with van der Waals surface area (Å²) < 4.78 is 0. The minimum absolute atomic E-state index is 0.0988. The molecule has 0 aliphatic rings. The van der Waals surface area contributed by atoms with Crippen LogP contribution in [-0.4, -0.2) is 28.8 Å². The van der Waals surface area contributed by atoms with E-state index >= 15 is 0 Å². The van der Waals surface area contributed by atoms with Crippen molar-refractivity contribution in [2.45, 2.75) is 25.8 Å². The van der Waals surface area contributed by atoms with Crippen LogP contribution in [0.15, 0.2) is 24.3 Å². The van der Waals surface area contributed by atoms with Gasteiger partial charge in [-0.1, -0.05) is 0 Å². The fourth-order valence-corrected chi connectivity index (χ4v) is 1.55. The van der Waals surface area contributed by atoms with Gasteiger partial charge < -0.3 is 16.2 Å². The molecule has 0 fully saturated rings. The van der Waals surface area contributed by atoms with Crippen molar-refractivity contribution >= 4 is 23.3 Å². The smallest absolute Gasteiger partial charge is 0.303 e. The summed E-state index contributed by atoms with van der Waals surface area (Å²) in [7, 11) is 0. The maximum absolute atomic E-state index is 11.9. The molecule has 0 bridgehead atoms. The van der Waals surface area contributed by atoms with Gasteiger partial charge in [0.2, 0.25) is 5.91 Å². The third-order valence-electron chi connectivity index (χ3n) is 2.50. The largest absolute Gasteiger partial charge is 0.481 e. The summed E-state index contributed by atoms with van der Waals surface area (Å²) in [5.41, 5.74) is 6.62. The van der Waals surface area contributed by atoms with Crippen LogP contribution in [0.4, 0.5) is 5.69 Å². The highest BCUT2D eigenvalue weighted by Crippen LogP contribution is 2.12. The van der Waals surface area contributed by atoms with Gasteiger partial charge in [-0.2, -0.15) is 0 Å².